The van der Waals surface area contributed by atoms with Gasteiger partial charge in [-0.2, -0.15) is 0 Å². The van der Waals surface area contributed by atoms with Crippen LogP contribution in [0.15, 0.2) is 48.5 Å². The van der Waals surface area contributed by atoms with Crippen LogP contribution in [0, 0.1) is 0 Å². The fourth-order valence-electron chi connectivity index (χ4n) is 2.97. The zero-order valence-electron chi connectivity index (χ0n) is 14.5. The molecule has 0 aromatic heterocycles. The Bertz CT molecular complexity index is 737. The number of nitrogens with one attached hydrogen (secondary N) is 1. The number of carbonyl (C=O) groups is 1. The zero-order chi connectivity index (χ0) is 18.4. The van der Waals surface area contributed by atoms with E-state index in [1.807, 2.05) is 48.5 Å². The number of morpholine rings is 1. The molecular formula is C20H22Cl2N2O2. The molecule has 1 saturated heterocycles. The lowest BCUT2D eigenvalue weighted by atomic mass is 10.1. The van der Waals surface area contributed by atoms with Crippen LogP contribution in [-0.4, -0.2) is 37.0 Å². The second-order valence-electron chi connectivity index (χ2n) is 6.33. The number of carbonyl (C=O) groups excluding carboxylic acids is 1. The van der Waals surface area contributed by atoms with Gasteiger partial charge in [0.25, 0.3) is 0 Å². The molecule has 1 atom stereocenters. The average molecular weight is 393 g/mol. The van der Waals surface area contributed by atoms with E-state index in [2.05, 4.69) is 10.2 Å². The van der Waals surface area contributed by atoms with Crippen LogP contribution in [0.1, 0.15) is 23.7 Å². The van der Waals surface area contributed by atoms with E-state index in [-0.39, 0.29) is 12.0 Å². The first-order valence-electron chi connectivity index (χ1n) is 8.71. The van der Waals surface area contributed by atoms with Gasteiger partial charge in [-0.15, -0.1) is 0 Å². The smallest absolute Gasteiger partial charge is 0.221 e. The van der Waals surface area contributed by atoms with Crippen molar-refractivity contribution in [2.45, 2.75) is 19.1 Å². The van der Waals surface area contributed by atoms with Crippen molar-refractivity contribution < 1.29 is 9.53 Å². The van der Waals surface area contributed by atoms with Gasteiger partial charge in [-0.1, -0.05) is 53.5 Å². The summed E-state index contributed by atoms with van der Waals surface area (Å²) >= 11 is 12.1. The van der Waals surface area contributed by atoms with Crippen molar-refractivity contribution in [2.75, 3.05) is 26.2 Å². The van der Waals surface area contributed by atoms with Gasteiger partial charge in [-0.25, -0.2) is 0 Å². The summed E-state index contributed by atoms with van der Waals surface area (Å²) in [6, 6.07) is 15.3. The number of ether oxygens (including phenoxy) is 1. The van der Waals surface area contributed by atoms with Crippen LogP contribution >= 0.6 is 23.2 Å². The van der Waals surface area contributed by atoms with E-state index in [4.69, 9.17) is 27.9 Å². The minimum absolute atomic E-state index is 0.0206. The van der Waals surface area contributed by atoms with Crippen molar-refractivity contribution in [1.82, 2.24) is 10.2 Å². The number of hydrogen-bond donors (Lipinski definition) is 1. The highest BCUT2D eigenvalue weighted by Gasteiger charge is 2.22. The zero-order valence-corrected chi connectivity index (χ0v) is 16.0. The molecule has 0 aliphatic carbocycles. The third-order valence-electron chi connectivity index (χ3n) is 4.48. The number of amides is 1. The van der Waals surface area contributed by atoms with Gasteiger partial charge in [0.05, 0.1) is 12.7 Å². The first-order valence-corrected chi connectivity index (χ1v) is 9.47. The summed E-state index contributed by atoms with van der Waals surface area (Å²) in [5.41, 5.74) is 2.04. The summed E-state index contributed by atoms with van der Waals surface area (Å²) in [6.07, 6.45) is 0.477. The predicted octanol–water partition coefficient (Wildman–Crippen LogP) is 4.07. The van der Waals surface area contributed by atoms with E-state index in [9.17, 15) is 4.79 Å². The summed E-state index contributed by atoms with van der Waals surface area (Å²) in [5.74, 6) is 0.0273. The van der Waals surface area contributed by atoms with Crippen molar-refractivity contribution in [3.63, 3.8) is 0 Å². The minimum atomic E-state index is 0.0206. The van der Waals surface area contributed by atoms with Crippen LogP contribution < -0.4 is 5.32 Å². The Morgan fingerprint density at radius 2 is 1.92 bits per heavy atom. The highest BCUT2D eigenvalue weighted by molar-refractivity contribution is 6.31. The minimum Gasteiger partial charge on any atom is -0.371 e. The molecule has 1 N–H and O–H groups in total. The molecule has 0 bridgehead atoms. The van der Waals surface area contributed by atoms with E-state index in [0.29, 0.717) is 31.1 Å². The molecule has 0 unspecified atom stereocenters. The van der Waals surface area contributed by atoms with Gasteiger partial charge in [0.15, 0.2) is 0 Å². The molecule has 2 aromatic carbocycles. The number of halogens is 2. The fraction of sp³-hybridized carbons (Fsp3) is 0.350. The fourth-order valence-corrected chi connectivity index (χ4v) is 3.30. The first kappa shape index (κ1) is 19.2. The monoisotopic (exact) mass is 392 g/mol. The van der Waals surface area contributed by atoms with Gasteiger partial charge < -0.3 is 10.1 Å². The van der Waals surface area contributed by atoms with Gasteiger partial charge in [0.1, 0.15) is 0 Å². The number of hydrogen-bond acceptors (Lipinski definition) is 3. The molecule has 1 fully saturated rings. The topological polar surface area (TPSA) is 41.6 Å². The van der Waals surface area contributed by atoms with Crippen molar-refractivity contribution in [3.05, 3.63) is 69.7 Å². The van der Waals surface area contributed by atoms with Gasteiger partial charge in [-0.3, -0.25) is 9.69 Å². The Hall–Kier alpha value is -1.59. The summed E-state index contributed by atoms with van der Waals surface area (Å²) in [7, 11) is 0. The van der Waals surface area contributed by atoms with Crippen molar-refractivity contribution in [3.8, 4) is 0 Å². The molecule has 2 aromatic rings. The molecule has 26 heavy (non-hydrogen) atoms. The molecule has 138 valence electrons. The van der Waals surface area contributed by atoms with Gasteiger partial charge in [-0.05, 0) is 29.3 Å². The molecule has 1 amide bonds. The van der Waals surface area contributed by atoms with Crippen LogP contribution in [0.2, 0.25) is 10.0 Å². The Morgan fingerprint density at radius 3 is 2.69 bits per heavy atom. The van der Waals surface area contributed by atoms with Crippen molar-refractivity contribution in [1.29, 1.82) is 0 Å². The molecule has 0 radical (unpaired) electrons. The lowest BCUT2D eigenvalue weighted by Crippen LogP contribution is -2.40. The lowest BCUT2D eigenvalue weighted by Gasteiger charge is -2.33. The standard InChI is InChI=1S/C20H22Cl2N2O2/c21-17-7-5-15(6-8-17)19-14-24(11-12-26-19)10-9-20(25)23-13-16-3-1-2-4-18(16)22/h1-8,19H,9-14H2,(H,23,25)/t19-/m1/s1. The quantitative estimate of drug-likeness (QED) is 0.805. The summed E-state index contributed by atoms with van der Waals surface area (Å²) in [4.78, 5) is 14.4. The maximum absolute atomic E-state index is 12.1. The third-order valence-corrected chi connectivity index (χ3v) is 5.10. The Morgan fingerprint density at radius 1 is 1.15 bits per heavy atom. The van der Waals surface area contributed by atoms with Gasteiger partial charge in [0.2, 0.25) is 5.91 Å². The molecule has 6 heteroatoms. The molecule has 0 saturated carbocycles. The van der Waals surface area contributed by atoms with E-state index < -0.39 is 0 Å². The molecule has 1 aliphatic heterocycles. The van der Waals surface area contributed by atoms with Crippen LogP contribution in [0.4, 0.5) is 0 Å². The van der Waals surface area contributed by atoms with E-state index in [0.717, 1.165) is 29.2 Å². The summed E-state index contributed by atoms with van der Waals surface area (Å²) in [6.45, 7) is 3.44. The SMILES string of the molecule is O=C(CCN1CCO[C@@H](c2ccc(Cl)cc2)C1)NCc1ccccc1Cl. The largest absolute Gasteiger partial charge is 0.371 e. The van der Waals surface area contributed by atoms with Gasteiger partial charge >= 0.3 is 0 Å². The third kappa shape index (κ3) is 5.45. The van der Waals surface area contributed by atoms with Crippen LogP contribution in [0.25, 0.3) is 0 Å². The molecule has 1 aliphatic rings. The van der Waals surface area contributed by atoms with Gasteiger partial charge in [0, 0.05) is 42.6 Å². The molecule has 4 nitrogen and oxygen atoms in total. The highest BCUT2D eigenvalue weighted by atomic mass is 35.5. The van der Waals surface area contributed by atoms with Crippen LogP contribution in [-0.2, 0) is 16.1 Å². The summed E-state index contributed by atoms with van der Waals surface area (Å²) < 4.78 is 5.86. The van der Waals surface area contributed by atoms with Crippen molar-refractivity contribution in [2.24, 2.45) is 0 Å². The molecule has 0 spiro atoms. The highest BCUT2D eigenvalue weighted by Crippen LogP contribution is 2.23. The second-order valence-corrected chi connectivity index (χ2v) is 7.17. The number of benzene rings is 2. The molecular weight excluding hydrogens is 371 g/mol. The number of rotatable bonds is 6. The predicted molar refractivity (Wildman–Crippen MR) is 105 cm³/mol. The maximum Gasteiger partial charge on any atom is 0.221 e. The van der Waals surface area contributed by atoms with Crippen molar-refractivity contribution >= 4 is 29.1 Å². The molecule has 1 heterocycles. The van der Waals surface area contributed by atoms with E-state index in [1.165, 1.54) is 0 Å². The Kier molecular flexibility index (Phi) is 6.92. The Labute approximate surface area is 164 Å². The summed E-state index contributed by atoms with van der Waals surface area (Å²) in [5, 5.41) is 4.32. The average Bonchev–Trinajstić information content (AvgIpc) is 2.66. The Balaban J connectivity index is 1.44. The van der Waals surface area contributed by atoms with Crippen LogP contribution in [0.3, 0.4) is 0 Å². The second kappa shape index (κ2) is 9.38. The van der Waals surface area contributed by atoms with Crippen LogP contribution in [0.5, 0.6) is 0 Å². The normalized spacial score (nSPS) is 17.8. The van der Waals surface area contributed by atoms with E-state index >= 15 is 0 Å². The lowest BCUT2D eigenvalue weighted by molar-refractivity contribution is -0.122. The molecule has 3 rings (SSSR count). The number of nitrogens with zero attached hydrogens (tertiary/aromatic N) is 1. The van der Waals surface area contributed by atoms with E-state index in [1.54, 1.807) is 0 Å². The first-order chi connectivity index (χ1) is 12.6. The maximum atomic E-state index is 12.1.